The van der Waals surface area contributed by atoms with Gasteiger partial charge in [-0.3, -0.25) is 14.9 Å². The third kappa shape index (κ3) is 2.79. The molecule has 20 heavy (non-hydrogen) atoms. The molecule has 0 atom stereocenters. The van der Waals surface area contributed by atoms with Crippen molar-refractivity contribution in [3.8, 4) is 6.07 Å². The number of nitriles is 1. The fraction of sp³-hybridized carbons (Fsp3) is 0. The number of benzene rings is 2. The van der Waals surface area contributed by atoms with Gasteiger partial charge in [-0.05, 0) is 18.2 Å². The molecule has 0 unspecified atom stereocenters. The predicted molar refractivity (Wildman–Crippen MR) is 72.2 cm³/mol. The molecule has 0 bridgehead atoms. The van der Waals surface area contributed by atoms with E-state index in [1.807, 2.05) is 6.07 Å². The second-order valence-electron chi connectivity index (χ2n) is 3.92. The lowest BCUT2D eigenvalue weighted by Crippen LogP contribution is -2.13. The van der Waals surface area contributed by atoms with Gasteiger partial charge < -0.3 is 5.32 Å². The zero-order valence-corrected chi connectivity index (χ0v) is 10.2. The smallest absolute Gasteiger partial charge is 0.270 e. The predicted octanol–water partition coefficient (Wildman–Crippen LogP) is 2.72. The number of para-hydroxylation sites is 1. The lowest BCUT2D eigenvalue weighted by molar-refractivity contribution is -0.384. The second kappa shape index (κ2) is 5.63. The Balaban J connectivity index is 2.31. The zero-order valence-electron chi connectivity index (χ0n) is 10.2. The molecule has 0 saturated carbocycles. The van der Waals surface area contributed by atoms with Gasteiger partial charge in [-0.2, -0.15) is 5.26 Å². The van der Waals surface area contributed by atoms with Crippen LogP contribution >= 0.6 is 0 Å². The molecule has 0 aliphatic rings. The second-order valence-corrected chi connectivity index (χ2v) is 3.92. The lowest BCUT2D eigenvalue weighted by Gasteiger charge is -2.06. The quantitative estimate of drug-likeness (QED) is 0.683. The number of hydrogen-bond acceptors (Lipinski definition) is 4. The summed E-state index contributed by atoms with van der Waals surface area (Å²) in [6, 6.07) is 14.1. The number of rotatable bonds is 3. The van der Waals surface area contributed by atoms with Crippen molar-refractivity contribution in [3.63, 3.8) is 0 Å². The van der Waals surface area contributed by atoms with Crippen molar-refractivity contribution in [2.24, 2.45) is 0 Å². The molecule has 0 aliphatic heterocycles. The third-order valence-corrected chi connectivity index (χ3v) is 2.61. The molecule has 0 aliphatic carbocycles. The molecule has 2 rings (SSSR count). The van der Waals surface area contributed by atoms with Crippen molar-refractivity contribution in [3.05, 3.63) is 69.8 Å². The third-order valence-electron chi connectivity index (χ3n) is 2.61. The first kappa shape index (κ1) is 13.2. The summed E-state index contributed by atoms with van der Waals surface area (Å²) < 4.78 is 0. The minimum atomic E-state index is -0.611. The number of nitrogens with one attached hydrogen (secondary N) is 1. The van der Waals surface area contributed by atoms with Crippen LogP contribution in [-0.4, -0.2) is 10.8 Å². The Morgan fingerprint density at radius 1 is 1.20 bits per heavy atom. The first-order valence-corrected chi connectivity index (χ1v) is 5.67. The van der Waals surface area contributed by atoms with Gasteiger partial charge in [0.15, 0.2) is 0 Å². The highest BCUT2D eigenvalue weighted by molar-refractivity contribution is 6.06. The molecule has 0 spiro atoms. The highest BCUT2D eigenvalue weighted by Gasteiger charge is 2.16. The number of nitro benzene ring substituents is 1. The Morgan fingerprint density at radius 3 is 2.50 bits per heavy atom. The zero-order chi connectivity index (χ0) is 14.5. The molecule has 1 amide bonds. The minimum Gasteiger partial charge on any atom is -0.322 e. The van der Waals surface area contributed by atoms with Gasteiger partial charge in [-0.1, -0.05) is 18.2 Å². The number of nitro groups is 1. The highest BCUT2D eigenvalue weighted by Crippen LogP contribution is 2.18. The molecule has 98 valence electrons. The summed E-state index contributed by atoms with van der Waals surface area (Å²) >= 11 is 0. The first-order chi connectivity index (χ1) is 9.61. The number of anilines is 1. The Morgan fingerprint density at radius 2 is 1.90 bits per heavy atom. The standard InChI is InChI=1S/C14H9N3O3/c15-9-10-8-12(17(19)20)6-7-13(10)14(18)16-11-4-2-1-3-5-11/h1-8H,(H,16,18). The summed E-state index contributed by atoms with van der Waals surface area (Å²) in [6.07, 6.45) is 0. The summed E-state index contributed by atoms with van der Waals surface area (Å²) in [5, 5.41) is 22.2. The van der Waals surface area contributed by atoms with Crippen LogP contribution in [0.1, 0.15) is 15.9 Å². The van der Waals surface area contributed by atoms with Crippen molar-refractivity contribution in [1.29, 1.82) is 5.26 Å². The number of nitrogens with zero attached hydrogens (tertiary/aromatic N) is 2. The van der Waals surface area contributed by atoms with E-state index in [0.29, 0.717) is 5.69 Å². The van der Waals surface area contributed by atoms with E-state index in [1.54, 1.807) is 30.3 Å². The fourth-order valence-corrected chi connectivity index (χ4v) is 1.66. The molecule has 0 fully saturated rings. The van der Waals surface area contributed by atoms with Crippen molar-refractivity contribution in [2.75, 3.05) is 5.32 Å². The molecule has 0 heterocycles. The average Bonchev–Trinajstić information content (AvgIpc) is 2.47. The molecule has 0 saturated heterocycles. The van der Waals surface area contributed by atoms with Crippen LogP contribution in [0.15, 0.2) is 48.5 Å². The lowest BCUT2D eigenvalue weighted by atomic mass is 10.1. The molecular weight excluding hydrogens is 258 g/mol. The van der Waals surface area contributed by atoms with Gasteiger partial charge in [0.05, 0.1) is 16.1 Å². The van der Waals surface area contributed by atoms with E-state index >= 15 is 0 Å². The van der Waals surface area contributed by atoms with E-state index in [-0.39, 0.29) is 16.8 Å². The summed E-state index contributed by atoms with van der Waals surface area (Å²) in [7, 11) is 0. The van der Waals surface area contributed by atoms with Crippen LogP contribution in [0.4, 0.5) is 11.4 Å². The summed E-state index contributed by atoms with van der Waals surface area (Å²) in [6.45, 7) is 0. The largest absolute Gasteiger partial charge is 0.322 e. The van der Waals surface area contributed by atoms with Crippen LogP contribution in [0.5, 0.6) is 0 Å². The van der Waals surface area contributed by atoms with E-state index in [0.717, 1.165) is 6.07 Å². The monoisotopic (exact) mass is 267 g/mol. The van der Waals surface area contributed by atoms with Gasteiger partial charge in [0.1, 0.15) is 6.07 Å². The summed E-state index contributed by atoms with van der Waals surface area (Å²) in [4.78, 5) is 22.1. The number of carbonyl (C=O) groups is 1. The Bertz CT molecular complexity index is 705. The van der Waals surface area contributed by atoms with Crippen molar-refractivity contribution in [1.82, 2.24) is 0 Å². The molecule has 0 aromatic heterocycles. The molecule has 6 heteroatoms. The Kier molecular flexibility index (Phi) is 3.72. The normalized spacial score (nSPS) is 9.55. The van der Waals surface area contributed by atoms with Gasteiger partial charge in [0.2, 0.25) is 0 Å². The minimum absolute atomic E-state index is 0.0346. The maximum absolute atomic E-state index is 12.0. The van der Waals surface area contributed by atoms with Gasteiger partial charge in [0.25, 0.3) is 11.6 Å². The maximum Gasteiger partial charge on any atom is 0.270 e. The first-order valence-electron chi connectivity index (χ1n) is 5.67. The van der Waals surface area contributed by atoms with Gasteiger partial charge in [0, 0.05) is 17.8 Å². The Hall–Kier alpha value is -3.20. The van der Waals surface area contributed by atoms with Gasteiger partial charge in [-0.25, -0.2) is 0 Å². The molecule has 2 aromatic carbocycles. The SMILES string of the molecule is N#Cc1cc([N+](=O)[O-])ccc1C(=O)Nc1ccccc1. The number of non-ortho nitro benzene ring substituents is 1. The van der Waals surface area contributed by atoms with Crippen LogP contribution in [0.2, 0.25) is 0 Å². The van der Waals surface area contributed by atoms with Crippen molar-refractivity contribution in [2.45, 2.75) is 0 Å². The van der Waals surface area contributed by atoms with Gasteiger partial charge >= 0.3 is 0 Å². The van der Waals surface area contributed by atoms with E-state index < -0.39 is 10.8 Å². The average molecular weight is 267 g/mol. The molecule has 2 aromatic rings. The van der Waals surface area contributed by atoms with Crippen LogP contribution in [0.25, 0.3) is 0 Å². The van der Waals surface area contributed by atoms with Crippen LogP contribution in [0, 0.1) is 21.4 Å². The van der Waals surface area contributed by atoms with Gasteiger partial charge in [-0.15, -0.1) is 0 Å². The Labute approximate surface area is 114 Å². The molecular formula is C14H9N3O3. The van der Waals surface area contributed by atoms with Crippen molar-refractivity contribution < 1.29 is 9.72 Å². The fourth-order valence-electron chi connectivity index (χ4n) is 1.66. The number of amides is 1. The molecule has 1 N–H and O–H groups in total. The molecule has 0 radical (unpaired) electrons. The number of hydrogen-bond donors (Lipinski definition) is 1. The van der Waals surface area contributed by atoms with Crippen LogP contribution in [-0.2, 0) is 0 Å². The van der Waals surface area contributed by atoms with E-state index in [9.17, 15) is 14.9 Å². The van der Waals surface area contributed by atoms with Crippen molar-refractivity contribution >= 4 is 17.3 Å². The topological polar surface area (TPSA) is 96.0 Å². The highest BCUT2D eigenvalue weighted by atomic mass is 16.6. The summed E-state index contributed by atoms with van der Waals surface area (Å²) in [5.74, 6) is -0.484. The van der Waals surface area contributed by atoms with E-state index in [1.165, 1.54) is 12.1 Å². The van der Waals surface area contributed by atoms with Crippen LogP contribution in [0.3, 0.4) is 0 Å². The molecule has 6 nitrogen and oxygen atoms in total. The number of carbonyl (C=O) groups excluding carboxylic acids is 1. The summed E-state index contributed by atoms with van der Waals surface area (Å²) in [5.41, 5.74) is 0.423. The van der Waals surface area contributed by atoms with Crippen LogP contribution < -0.4 is 5.32 Å². The van der Waals surface area contributed by atoms with E-state index in [2.05, 4.69) is 5.32 Å². The van der Waals surface area contributed by atoms with E-state index in [4.69, 9.17) is 5.26 Å². The maximum atomic E-state index is 12.0.